The van der Waals surface area contributed by atoms with Gasteiger partial charge in [0.25, 0.3) is 0 Å². The third-order valence-corrected chi connectivity index (χ3v) is 4.70. The van der Waals surface area contributed by atoms with Gasteiger partial charge in [-0.25, -0.2) is 9.98 Å². The number of nitrogens with one attached hydrogen (secondary N) is 2. The lowest BCUT2D eigenvalue weighted by Crippen LogP contribution is -2.36. The van der Waals surface area contributed by atoms with E-state index in [-0.39, 0.29) is 0 Å². The Morgan fingerprint density at radius 1 is 1.28 bits per heavy atom. The zero-order valence-corrected chi connectivity index (χ0v) is 15.7. The highest BCUT2D eigenvalue weighted by Crippen LogP contribution is 2.17. The Balaban J connectivity index is 1.68. The number of fused-ring (bicyclic) bond motifs is 1. The molecular formula is C17H24N6OS. The van der Waals surface area contributed by atoms with Crippen LogP contribution >= 0.6 is 11.3 Å². The molecule has 0 aliphatic rings. The number of hydrogen-bond donors (Lipinski definition) is 2. The summed E-state index contributed by atoms with van der Waals surface area (Å²) in [7, 11) is 0. The van der Waals surface area contributed by atoms with Gasteiger partial charge >= 0.3 is 0 Å². The maximum absolute atomic E-state index is 5.41. The summed E-state index contributed by atoms with van der Waals surface area (Å²) in [5, 5.41) is 12.8. The lowest BCUT2D eigenvalue weighted by molar-refractivity contribution is 0.380. The molecule has 3 aromatic rings. The average Bonchev–Trinajstić information content (AvgIpc) is 3.30. The fraction of sp³-hybridized carbons (Fsp3) is 0.471. The second-order valence-electron chi connectivity index (χ2n) is 5.61. The summed E-state index contributed by atoms with van der Waals surface area (Å²) in [4.78, 5) is 10.3. The Kier molecular flexibility index (Phi) is 5.70. The molecule has 25 heavy (non-hydrogen) atoms. The van der Waals surface area contributed by atoms with E-state index in [4.69, 9.17) is 9.52 Å². The molecule has 0 aliphatic heterocycles. The number of guanidine groups is 1. The Morgan fingerprint density at radius 3 is 2.88 bits per heavy atom. The van der Waals surface area contributed by atoms with Crippen LogP contribution in [0, 0.1) is 0 Å². The quantitative estimate of drug-likeness (QED) is 0.500. The maximum Gasteiger partial charge on any atom is 0.193 e. The topological polar surface area (TPSA) is 79.8 Å². The maximum atomic E-state index is 5.41. The van der Waals surface area contributed by atoms with Crippen molar-refractivity contribution in [3.8, 4) is 0 Å². The Labute approximate surface area is 151 Å². The molecule has 0 aliphatic carbocycles. The molecule has 0 fully saturated rings. The number of rotatable bonds is 7. The summed E-state index contributed by atoms with van der Waals surface area (Å²) in [6.07, 6.45) is 5.73. The molecule has 0 unspecified atom stereocenters. The van der Waals surface area contributed by atoms with Crippen molar-refractivity contribution in [2.24, 2.45) is 4.99 Å². The number of aryl methyl sites for hydroxylation is 2. The molecule has 3 aromatic heterocycles. The van der Waals surface area contributed by atoms with Crippen LogP contribution in [-0.2, 0) is 25.9 Å². The van der Waals surface area contributed by atoms with Crippen molar-refractivity contribution in [1.29, 1.82) is 0 Å². The highest BCUT2D eigenvalue weighted by atomic mass is 32.1. The molecule has 0 saturated heterocycles. The molecule has 0 amide bonds. The van der Waals surface area contributed by atoms with E-state index in [0.717, 1.165) is 53.0 Å². The van der Waals surface area contributed by atoms with Crippen molar-refractivity contribution in [3.63, 3.8) is 0 Å². The van der Waals surface area contributed by atoms with E-state index in [0.29, 0.717) is 13.1 Å². The zero-order valence-electron chi connectivity index (χ0n) is 14.9. The van der Waals surface area contributed by atoms with E-state index in [1.54, 1.807) is 11.3 Å². The number of imidazole rings is 1. The van der Waals surface area contributed by atoms with Crippen molar-refractivity contribution >= 4 is 22.3 Å². The highest BCUT2D eigenvalue weighted by Gasteiger charge is 2.13. The Bertz CT molecular complexity index is 796. The summed E-state index contributed by atoms with van der Waals surface area (Å²) in [5.41, 5.74) is 3.08. The van der Waals surface area contributed by atoms with Crippen LogP contribution in [0.25, 0.3) is 4.96 Å². The van der Waals surface area contributed by atoms with Gasteiger partial charge < -0.3 is 15.2 Å². The van der Waals surface area contributed by atoms with Gasteiger partial charge in [0.2, 0.25) is 0 Å². The van der Waals surface area contributed by atoms with E-state index in [1.807, 2.05) is 22.2 Å². The van der Waals surface area contributed by atoms with Crippen LogP contribution in [0.2, 0.25) is 0 Å². The molecule has 7 nitrogen and oxygen atoms in total. The SMILES string of the molecule is CCNC(=NCc1c(CC)noc1CC)NCc1cn2ccsc2n1. The van der Waals surface area contributed by atoms with E-state index < -0.39 is 0 Å². The van der Waals surface area contributed by atoms with Crippen LogP contribution in [-0.4, -0.2) is 27.0 Å². The predicted molar refractivity (Wildman–Crippen MR) is 100.0 cm³/mol. The first kappa shape index (κ1) is 17.5. The van der Waals surface area contributed by atoms with E-state index in [9.17, 15) is 0 Å². The Morgan fingerprint density at radius 2 is 2.16 bits per heavy atom. The summed E-state index contributed by atoms with van der Waals surface area (Å²) in [5.74, 6) is 1.69. The van der Waals surface area contributed by atoms with E-state index in [1.165, 1.54) is 0 Å². The molecule has 0 atom stereocenters. The second kappa shape index (κ2) is 8.15. The molecule has 0 spiro atoms. The lowest BCUT2D eigenvalue weighted by Gasteiger charge is -2.10. The van der Waals surface area contributed by atoms with Gasteiger partial charge in [-0.1, -0.05) is 19.0 Å². The van der Waals surface area contributed by atoms with Gasteiger partial charge in [0.15, 0.2) is 10.9 Å². The molecule has 0 aromatic carbocycles. The largest absolute Gasteiger partial charge is 0.361 e. The number of hydrogen-bond acceptors (Lipinski definition) is 5. The third kappa shape index (κ3) is 4.01. The number of nitrogens with zero attached hydrogens (tertiary/aromatic N) is 4. The first-order valence-corrected chi connectivity index (χ1v) is 9.52. The molecule has 3 rings (SSSR count). The number of thiazole rings is 1. The van der Waals surface area contributed by atoms with Gasteiger partial charge in [-0.3, -0.25) is 4.40 Å². The van der Waals surface area contributed by atoms with Crippen molar-refractivity contribution in [2.45, 2.75) is 46.7 Å². The van der Waals surface area contributed by atoms with Gasteiger partial charge in [-0.2, -0.15) is 0 Å². The van der Waals surface area contributed by atoms with Crippen LogP contribution in [0.1, 0.15) is 43.5 Å². The fourth-order valence-electron chi connectivity index (χ4n) is 2.65. The van der Waals surface area contributed by atoms with Crippen molar-refractivity contribution in [2.75, 3.05) is 6.54 Å². The Hall–Kier alpha value is -2.35. The summed E-state index contributed by atoms with van der Waals surface area (Å²) in [6.45, 7) is 8.20. The standard InChI is InChI=1S/C17H24N6OS/c1-4-14-13(15(5-2)24-22-14)10-20-16(18-6-3)19-9-12-11-23-7-8-25-17(23)21-12/h7-8,11H,4-6,9-10H2,1-3H3,(H2,18,19,20). The average molecular weight is 360 g/mol. The monoisotopic (exact) mass is 360 g/mol. The molecular weight excluding hydrogens is 336 g/mol. The fourth-order valence-corrected chi connectivity index (χ4v) is 3.37. The van der Waals surface area contributed by atoms with Crippen LogP contribution in [0.5, 0.6) is 0 Å². The first-order chi connectivity index (χ1) is 12.2. The molecule has 3 heterocycles. The first-order valence-electron chi connectivity index (χ1n) is 8.64. The zero-order chi connectivity index (χ0) is 17.6. The molecule has 0 radical (unpaired) electrons. The number of aliphatic imine (C=N–C) groups is 1. The van der Waals surface area contributed by atoms with Gasteiger partial charge in [0.1, 0.15) is 5.76 Å². The van der Waals surface area contributed by atoms with Crippen molar-refractivity contribution in [3.05, 3.63) is 40.5 Å². The van der Waals surface area contributed by atoms with Gasteiger partial charge in [0, 0.05) is 36.3 Å². The molecule has 8 heteroatoms. The van der Waals surface area contributed by atoms with Crippen LogP contribution in [0.15, 0.2) is 27.3 Å². The van der Waals surface area contributed by atoms with Crippen molar-refractivity contribution in [1.82, 2.24) is 25.2 Å². The van der Waals surface area contributed by atoms with Gasteiger partial charge in [0.05, 0.1) is 24.5 Å². The summed E-state index contributed by atoms with van der Waals surface area (Å²) in [6, 6.07) is 0. The molecule has 2 N–H and O–H groups in total. The second-order valence-corrected chi connectivity index (χ2v) is 6.48. The minimum atomic E-state index is 0.559. The summed E-state index contributed by atoms with van der Waals surface area (Å²) >= 11 is 1.63. The van der Waals surface area contributed by atoms with Crippen molar-refractivity contribution < 1.29 is 4.52 Å². The normalized spacial score (nSPS) is 12.0. The van der Waals surface area contributed by atoms with Gasteiger partial charge in [-0.15, -0.1) is 11.3 Å². The third-order valence-electron chi connectivity index (χ3n) is 3.93. The van der Waals surface area contributed by atoms with Crippen LogP contribution in [0.4, 0.5) is 0 Å². The number of aromatic nitrogens is 3. The molecule has 0 bridgehead atoms. The highest BCUT2D eigenvalue weighted by molar-refractivity contribution is 7.15. The predicted octanol–water partition coefficient (Wildman–Crippen LogP) is 2.76. The minimum absolute atomic E-state index is 0.559. The van der Waals surface area contributed by atoms with Gasteiger partial charge in [-0.05, 0) is 13.3 Å². The molecule has 134 valence electrons. The smallest absolute Gasteiger partial charge is 0.193 e. The van der Waals surface area contributed by atoms with Crippen LogP contribution in [0.3, 0.4) is 0 Å². The van der Waals surface area contributed by atoms with Crippen LogP contribution < -0.4 is 10.6 Å². The van der Waals surface area contributed by atoms with E-state index in [2.05, 4.69) is 41.5 Å². The molecule has 0 saturated carbocycles. The minimum Gasteiger partial charge on any atom is -0.361 e. The lowest BCUT2D eigenvalue weighted by atomic mass is 10.1. The van der Waals surface area contributed by atoms with E-state index >= 15 is 0 Å². The summed E-state index contributed by atoms with van der Waals surface area (Å²) < 4.78 is 7.44.